The average molecular weight is 722 g/mol. The minimum absolute atomic E-state index is 0.0155. The molecule has 0 unspecified atom stereocenters. The molecule has 3 N–H and O–H groups in total. The van der Waals surface area contributed by atoms with Crippen LogP contribution < -0.4 is 11.1 Å². The van der Waals surface area contributed by atoms with E-state index in [1.54, 1.807) is 17.8 Å². The summed E-state index contributed by atoms with van der Waals surface area (Å²) in [5.74, 6) is 0.715. The van der Waals surface area contributed by atoms with Gasteiger partial charge in [-0.3, -0.25) is 4.90 Å². The van der Waals surface area contributed by atoms with Crippen LogP contribution in [0.15, 0.2) is 98.2 Å². The van der Waals surface area contributed by atoms with Crippen molar-refractivity contribution >= 4 is 39.1 Å². The van der Waals surface area contributed by atoms with E-state index in [4.69, 9.17) is 10.5 Å². The molecule has 1 saturated carbocycles. The third-order valence-electron chi connectivity index (χ3n) is 9.88. The molecular formula is C37H51N7O4S2. The number of piperazine rings is 1. The summed E-state index contributed by atoms with van der Waals surface area (Å²) in [6.07, 6.45) is 5.85. The van der Waals surface area contributed by atoms with Crippen LogP contribution in [0.5, 0.6) is 0 Å². The number of nitrogens with two attached hydrogens (primary N) is 1. The molecule has 1 atom stereocenters. The van der Waals surface area contributed by atoms with Gasteiger partial charge in [0.25, 0.3) is 10.0 Å². The maximum atomic E-state index is 13.4. The molecular weight excluding hydrogens is 671 g/mol. The lowest BCUT2D eigenvalue weighted by Gasteiger charge is -2.45. The van der Waals surface area contributed by atoms with Gasteiger partial charge in [0.05, 0.1) is 16.2 Å². The average Bonchev–Trinajstić information content (AvgIpc) is 3.13. The molecule has 1 aliphatic heterocycles. The highest BCUT2D eigenvalue weighted by Crippen LogP contribution is 2.37. The Hall–Kier alpha value is -3.49. The van der Waals surface area contributed by atoms with E-state index in [9.17, 15) is 13.3 Å². The summed E-state index contributed by atoms with van der Waals surface area (Å²) in [5, 5.41) is 6.60. The molecule has 13 heteroatoms. The van der Waals surface area contributed by atoms with Gasteiger partial charge in [0.2, 0.25) is 5.96 Å². The summed E-state index contributed by atoms with van der Waals surface area (Å²) < 4.78 is 36.8. The highest BCUT2D eigenvalue weighted by Gasteiger charge is 2.38. The lowest BCUT2D eigenvalue weighted by atomic mass is 9.77. The Balaban J connectivity index is 1.17. The number of benzene rings is 3. The zero-order chi connectivity index (χ0) is 35.6. The van der Waals surface area contributed by atoms with E-state index in [2.05, 4.69) is 61.1 Å². The monoisotopic (exact) mass is 721 g/mol. The summed E-state index contributed by atoms with van der Waals surface area (Å²) >= 11 is 1.72. The zero-order valence-electron chi connectivity index (χ0n) is 29.4. The number of nitrogens with zero attached hydrogens (tertiary/aromatic N) is 5. The van der Waals surface area contributed by atoms with Crippen LogP contribution in [-0.4, -0.2) is 106 Å². The quantitative estimate of drug-likeness (QED) is 0.0859. The molecule has 0 radical (unpaired) electrons. The van der Waals surface area contributed by atoms with Crippen molar-refractivity contribution in [1.82, 2.24) is 14.7 Å². The SMILES string of the molecule is COC1(Cc2ccccc2)CCC(N2CCN(C(N)=NS(=O)(=O)c3ccc(N[C@H](CCN(C)C)CSc4ccccc4)c(N=O)c3)CC2)CC1. The first-order valence-corrected chi connectivity index (χ1v) is 19.8. The van der Waals surface area contributed by atoms with Crippen LogP contribution in [0.25, 0.3) is 0 Å². The Morgan fingerprint density at radius 2 is 1.68 bits per heavy atom. The number of thioether (sulfide) groups is 1. The first kappa shape index (κ1) is 37.8. The van der Waals surface area contributed by atoms with E-state index >= 15 is 0 Å². The topological polar surface area (TPSA) is 133 Å². The Morgan fingerprint density at radius 3 is 2.30 bits per heavy atom. The molecule has 1 heterocycles. The van der Waals surface area contributed by atoms with Crippen LogP contribution in [0.2, 0.25) is 0 Å². The number of ether oxygens (including phenoxy) is 1. The van der Waals surface area contributed by atoms with Crippen molar-refractivity contribution in [2.45, 2.75) is 66.0 Å². The maximum Gasteiger partial charge on any atom is 0.285 e. The van der Waals surface area contributed by atoms with Gasteiger partial charge in [0.1, 0.15) is 5.69 Å². The fourth-order valence-electron chi connectivity index (χ4n) is 6.88. The van der Waals surface area contributed by atoms with E-state index in [0.29, 0.717) is 24.8 Å². The van der Waals surface area contributed by atoms with Gasteiger partial charge in [0.15, 0.2) is 0 Å². The summed E-state index contributed by atoms with van der Waals surface area (Å²) in [4.78, 5) is 19.4. The molecule has 0 amide bonds. The molecule has 2 aliphatic rings. The lowest BCUT2D eigenvalue weighted by Crippen LogP contribution is -2.55. The van der Waals surface area contributed by atoms with Gasteiger partial charge in [0, 0.05) is 62.4 Å². The van der Waals surface area contributed by atoms with Crippen LogP contribution in [0, 0.1) is 4.91 Å². The largest absolute Gasteiger partial charge is 0.380 e. The minimum Gasteiger partial charge on any atom is -0.380 e. The number of nitrogens with one attached hydrogen (secondary N) is 1. The smallest absolute Gasteiger partial charge is 0.285 e. The third kappa shape index (κ3) is 10.3. The number of hydrogen-bond acceptors (Lipinski definition) is 9. The van der Waals surface area contributed by atoms with Gasteiger partial charge in [-0.1, -0.05) is 48.5 Å². The molecule has 1 aliphatic carbocycles. The lowest BCUT2D eigenvalue weighted by molar-refractivity contribution is -0.0575. The van der Waals surface area contributed by atoms with Crippen LogP contribution in [0.1, 0.15) is 37.7 Å². The highest BCUT2D eigenvalue weighted by molar-refractivity contribution is 7.99. The molecule has 5 rings (SSSR count). The van der Waals surface area contributed by atoms with Crippen LogP contribution in [0.3, 0.4) is 0 Å². The summed E-state index contributed by atoms with van der Waals surface area (Å²) in [6.45, 7) is 3.56. The standard InChI is InChI=1S/C37H51N7O4S2/c1-42(2)21-18-30(28-49-32-12-8-5-9-13-32)39-34-15-14-33(26-35(34)40-45)50(46,47)41-36(38)44-24-22-43(23-25-44)31-16-19-37(48-3,20-17-31)27-29-10-6-4-7-11-29/h4-15,26,30-31,39H,16-25,27-28H2,1-3H3,(H2,38,41)/t30-,31?,37?/m1/s1. The first-order chi connectivity index (χ1) is 24.1. The number of rotatable bonds is 15. The first-order valence-electron chi connectivity index (χ1n) is 17.3. The van der Waals surface area contributed by atoms with Gasteiger partial charge < -0.3 is 25.6 Å². The predicted octanol–water partition coefficient (Wildman–Crippen LogP) is 5.80. The van der Waals surface area contributed by atoms with Crippen molar-refractivity contribution in [2.24, 2.45) is 15.3 Å². The van der Waals surface area contributed by atoms with Crippen molar-refractivity contribution in [3.05, 3.63) is 89.3 Å². The molecule has 11 nitrogen and oxygen atoms in total. The number of nitroso groups, excluding NO2 is 1. The minimum atomic E-state index is -4.17. The van der Waals surface area contributed by atoms with Crippen molar-refractivity contribution in [3.63, 3.8) is 0 Å². The van der Waals surface area contributed by atoms with Crippen LogP contribution >= 0.6 is 11.8 Å². The fraction of sp³-hybridized carbons (Fsp3) is 0.486. The summed E-state index contributed by atoms with van der Waals surface area (Å²) in [5.41, 5.74) is 7.95. The highest BCUT2D eigenvalue weighted by atomic mass is 32.2. The van der Waals surface area contributed by atoms with Crippen molar-refractivity contribution in [3.8, 4) is 0 Å². The molecule has 2 fully saturated rings. The van der Waals surface area contributed by atoms with Crippen molar-refractivity contribution < 1.29 is 13.2 Å². The van der Waals surface area contributed by atoms with E-state index in [-0.39, 0.29) is 28.2 Å². The second kappa shape index (κ2) is 17.6. The normalized spacial score (nSPS) is 21.2. The van der Waals surface area contributed by atoms with Crippen molar-refractivity contribution in [1.29, 1.82) is 0 Å². The van der Waals surface area contributed by atoms with Gasteiger partial charge in [-0.25, -0.2) is 0 Å². The van der Waals surface area contributed by atoms with E-state index < -0.39 is 10.0 Å². The van der Waals surface area contributed by atoms with Gasteiger partial charge in [-0.15, -0.1) is 21.1 Å². The summed E-state index contributed by atoms with van der Waals surface area (Å²) in [6, 6.07) is 25.4. The predicted molar refractivity (Wildman–Crippen MR) is 204 cm³/mol. The molecule has 0 aromatic heterocycles. The Labute approximate surface area is 301 Å². The Bertz CT molecular complexity index is 1660. The summed E-state index contributed by atoms with van der Waals surface area (Å²) in [7, 11) is 1.69. The molecule has 0 bridgehead atoms. The number of sulfonamides is 1. The zero-order valence-corrected chi connectivity index (χ0v) is 31.0. The van der Waals surface area contributed by atoms with Gasteiger partial charge in [-0.2, -0.15) is 8.42 Å². The van der Waals surface area contributed by atoms with Crippen LogP contribution in [0.4, 0.5) is 11.4 Å². The maximum absolute atomic E-state index is 13.4. The Kier molecular flexibility index (Phi) is 13.3. The van der Waals surface area contributed by atoms with E-state index in [1.807, 2.05) is 50.4 Å². The molecule has 270 valence electrons. The number of hydrogen-bond donors (Lipinski definition) is 2. The van der Waals surface area contributed by atoms with E-state index in [0.717, 1.165) is 68.8 Å². The second-order valence-electron chi connectivity index (χ2n) is 13.6. The van der Waals surface area contributed by atoms with Crippen molar-refractivity contribution in [2.75, 3.05) is 65.0 Å². The van der Waals surface area contributed by atoms with E-state index in [1.165, 1.54) is 17.7 Å². The van der Waals surface area contributed by atoms with Crippen LogP contribution in [-0.2, 0) is 21.2 Å². The molecule has 3 aromatic carbocycles. The molecule has 3 aromatic rings. The number of guanidine groups is 1. The third-order valence-corrected chi connectivity index (χ3v) is 12.3. The molecule has 0 spiro atoms. The Morgan fingerprint density at radius 1 is 1.02 bits per heavy atom. The number of anilines is 1. The fourth-order valence-corrected chi connectivity index (χ4v) is 8.84. The second-order valence-corrected chi connectivity index (χ2v) is 16.3. The molecule has 50 heavy (non-hydrogen) atoms. The molecule has 1 saturated heterocycles. The number of methoxy groups -OCH3 is 1. The van der Waals surface area contributed by atoms with Gasteiger partial charge >= 0.3 is 0 Å². The van der Waals surface area contributed by atoms with Gasteiger partial charge in [-0.05, 0) is 93.8 Å².